The Hall–Kier alpha value is -2.01. The zero-order valence-electron chi connectivity index (χ0n) is 11.7. The summed E-state index contributed by atoms with van der Waals surface area (Å²) in [5.74, 6) is 0.0656. The molecule has 1 aromatic heterocycles. The number of rotatable bonds is 1. The first-order valence-corrected chi connectivity index (χ1v) is 7.00. The number of aromatic amines is 1. The Balaban J connectivity index is 1.86. The average Bonchev–Trinajstić information content (AvgIpc) is 2.76. The van der Waals surface area contributed by atoms with Gasteiger partial charge in [-0.3, -0.25) is 4.79 Å². The summed E-state index contributed by atoms with van der Waals surface area (Å²) in [7, 11) is 2.09. The number of hydrogen-bond acceptors (Lipinski definition) is 3. The largest absolute Gasteiger partial charge is 0.397 e. The molecule has 5 heteroatoms. The summed E-state index contributed by atoms with van der Waals surface area (Å²) in [5.41, 5.74) is 8.08. The van der Waals surface area contributed by atoms with E-state index in [1.807, 2.05) is 29.2 Å². The second kappa shape index (κ2) is 5.17. The van der Waals surface area contributed by atoms with Crippen LogP contribution in [-0.4, -0.2) is 53.9 Å². The van der Waals surface area contributed by atoms with Gasteiger partial charge in [-0.1, -0.05) is 12.1 Å². The van der Waals surface area contributed by atoms with Gasteiger partial charge >= 0.3 is 0 Å². The first-order valence-electron chi connectivity index (χ1n) is 7.00. The predicted molar refractivity (Wildman–Crippen MR) is 80.7 cm³/mol. The van der Waals surface area contributed by atoms with Gasteiger partial charge in [-0.25, -0.2) is 0 Å². The van der Waals surface area contributed by atoms with Crippen LogP contribution in [0, 0.1) is 0 Å². The third kappa shape index (κ3) is 2.36. The summed E-state index contributed by atoms with van der Waals surface area (Å²) in [6.07, 6.45) is 1.02. The maximum Gasteiger partial charge on any atom is 0.270 e. The number of anilines is 1. The predicted octanol–water partition coefficient (Wildman–Crippen LogP) is 1.53. The summed E-state index contributed by atoms with van der Waals surface area (Å²) in [6, 6.07) is 7.60. The number of nitrogens with two attached hydrogens (primary N) is 1. The van der Waals surface area contributed by atoms with Crippen LogP contribution >= 0.6 is 0 Å². The van der Waals surface area contributed by atoms with E-state index >= 15 is 0 Å². The van der Waals surface area contributed by atoms with Crippen molar-refractivity contribution < 1.29 is 4.79 Å². The molecule has 1 amide bonds. The molecule has 0 radical (unpaired) electrons. The van der Waals surface area contributed by atoms with Crippen LogP contribution in [0.25, 0.3) is 10.9 Å². The highest BCUT2D eigenvalue weighted by atomic mass is 16.2. The van der Waals surface area contributed by atoms with Gasteiger partial charge in [0.25, 0.3) is 5.91 Å². The van der Waals surface area contributed by atoms with Gasteiger partial charge in [-0.15, -0.1) is 0 Å². The number of hydrogen-bond donors (Lipinski definition) is 2. The normalized spacial score (nSPS) is 17.4. The molecule has 2 heterocycles. The van der Waals surface area contributed by atoms with Gasteiger partial charge in [-0.2, -0.15) is 0 Å². The summed E-state index contributed by atoms with van der Waals surface area (Å²) in [5, 5.41) is 0.986. The topological polar surface area (TPSA) is 65.4 Å². The maximum absolute atomic E-state index is 12.6. The molecule has 0 aliphatic carbocycles. The number of benzene rings is 1. The number of H-pyrrole nitrogens is 1. The number of fused-ring (bicyclic) bond motifs is 1. The van der Waals surface area contributed by atoms with Crippen molar-refractivity contribution in [2.24, 2.45) is 0 Å². The van der Waals surface area contributed by atoms with Crippen molar-refractivity contribution in [2.45, 2.75) is 6.42 Å². The average molecular weight is 272 g/mol. The molecule has 0 unspecified atom stereocenters. The molecule has 0 atom stereocenters. The minimum Gasteiger partial charge on any atom is -0.397 e. The standard InChI is InChI=1S/C15H20N4O/c1-18-6-3-7-19(9-8-18)15(20)13-10-11-4-2-5-12(16)14(11)17-13/h2,4-5,10,17H,3,6-9,16H2,1H3. The van der Waals surface area contributed by atoms with E-state index in [1.165, 1.54) is 0 Å². The summed E-state index contributed by atoms with van der Waals surface area (Å²) in [6.45, 7) is 3.56. The van der Waals surface area contributed by atoms with Crippen molar-refractivity contribution in [3.05, 3.63) is 30.0 Å². The van der Waals surface area contributed by atoms with Crippen LogP contribution in [0.5, 0.6) is 0 Å². The number of carbonyl (C=O) groups is 1. The lowest BCUT2D eigenvalue weighted by molar-refractivity contribution is 0.0758. The highest BCUT2D eigenvalue weighted by Gasteiger charge is 2.20. The van der Waals surface area contributed by atoms with E-state index in [2.05, 4.69) is 16.9 Å². The SMILES string of the molecule is CN1CCCN(C(=O)c2cc3cccc(N)c3[nH]2)CC1. The van der Waals surface area contributed by atoms with Crippen molar-refractivity contribution in [1.82, 2.24) is 14.8 Å². The lowest BCUT2D eigenvalue weighted by atomic mass is 10.2. The van der Waals surface area contributed by atoms with Gasteiger partial charge < -0.3 is 20.5 Å². The summed E-state index contributed by atoms with van der Waals surface area (Å²) >= 11 is 0. The Bertz CT molecular complexity index is 634. The van der Waals surface area contributed by atoms with Crippen LogP contribution in [0.2, 0.25) is 0 Å². The number of carbonyl (C=O) groups excluding carboxylic acids is 1. The van der Waals surface area contributed by atoms with Crippen LogP contribution in [0.15, 0.2) is 24.3 Å². The number of likely N-dealkylation sites (N-methyl/N-ethyl adjacent to an activating group) is 1. The smallest absolute Gasteiger partial charge is 0.270 e. The molecule has 20 heavy (non-hydrogen) atoms. The van der Waals surface area contributed by atoms with E-state index in [0.29, 0.717) is 11.4 Å². The maximum atomic E-state index is 12.6. The molecule has 1 saturated heterocycles. The Morgan fingerprint density at radius 3 is 2.90 bits per heavy atom. The number of nitrogens with zero attached hydrogens (tertiary/aromatic N) is 2. The lowest BCUT2D eigenvalue weighted by Gasteiger charge is -2.19. The molecule has 0 spiro atoms. The minimum absolute atomic E-state index is 0.0656. The molecular weight excluding hydrogens is 252 g/mol. The molecule has 3 rings (SSSR count). The van der Waals surface area contributed by atoms with Crippen molar-refractivity contribution in [3.8, 4) is 0 Å². The van der Waals surface area contributed by atoms with Gasteiger partial charge in [0.1, 0.15) is 5.69 Å². The van der Waals surface area contributed by atoms with Crippen molar-refractivity contribution in [2.75, 3.05) is 39.0 Å². The highest BCUT2D eigenvalue weighted by Crippen LogP contribution is 2.22. The molecule has 1 fully saturated rings. The molecule has 1 aliphatic heterocycles. The minimum atomic E-state index is 0.0656. The fourth-order valence-electron chi connectivity index (χ4n) is 2.71. The van der Waals surface area contributed by atoms with Crippen molar-refractivity contribution in [3.63, 3.8) is 0 Å². The molecule has 1 aliphatic rings. The van der Waals surface area contributed by atoms with Gasteiger partial charge in [0.15, 0.2) is 0 Å². The first kappa shape index (κ1) is 13.0. The molecule has 5 nitrogen and oxygen atoms in total. The Morgan fingerprint density at radius 2 is 2.10 bits per heavy atom. The van der Waals surface area contributed by atoms with Crippen LogP contribution in [0.3, 0.4) is 0 Å². The zero-order chi connectivity index (χ0) is 14.1. The fourth-order valence-corrected chi connectivity index (χ4v) is 2.71. The van der Waals surface area contributed by atoms with Crippen LogP contribution in [-0.2, 0) is 0 Å². The third-order valence-corrected chi connectivity index (χ3v) is 3.93. The Kier molecular flexibility index (Phi) is 3.36. The molecule has 2 aromatic rings. The van der Waals surface area contributed by atoms with E-state index in [-0.39, 0.29) is 5.91 Å². The monoisotopic (exact) mass is 272 g/mol. The van der Waals surface area contributed by atoms with E-state index in [0.717, 1.165) is 43.5 Å². The number of para-hydroxylation sites is 1. The van der Waals surface area contributed by atoms with E-state index in [4.69, 9.17) is 5.73 Å². The van der Waals surface area contributed by atoms with E-state index in [9.17, 15) is 4.79 Å². The van der Waals surface area contributed by atoms with Gasteiger partial charge in [-0.05, 0) is 32.1 Å². The van der Waals surface area contributed by atoms with Gasteiger partial charge in [0.05, 0.1) is 11.2 Å². The molecule has 0 saturated carbocycles. The van der Waals surface area contributed by atoms with Crippen LogP contribution in [0.1, 0.15) is 16.9 Å². The second-order valence-corrected chi connectivity index (χ2v) is 5.44. The molecule has 0 bridgehead atoms. The van der Waals surface area contributed by atoms with Gasteiger partial charge in [0, 0.05) is 25.0 Å². The van der Waals surface area contributed by atoms with Gasteiger partial charge in [0.2, 0.25) is 0 Å². The van der Waals surface area contributed by atoms with Crippen molar-refractivity contribution in [1.29, 1.82) is 0 Å². The molecule has 3 N–H and O–H groups in total. The summed E-state index contributed by atoms with van der Waals surface area (Å²) < 4.78 is 0. The number of aromatic nitrogens is 1. The van der Waals surface area contributed by atoms with Crippen LogP contribution < -0.4 is 5.73 Å². The van der Waals surface area contributed by atoms with Crippen molar-refractivity contribution >= 4 is 22.5 Å². The number of nitrogen functional groups attached to an aromatic ring is 1. The Labute approximate surface area is 118 Å². The Morgan fingerprint density at radius 1 is 1.25 bits per heavy atom. The molecule has 1 aromatic carbocycles. The van der Waals surface area contributed by atoms with Crippen LogP contribution in [0.4, 0.5) is 5.69 Å². The highest BCUT2D eigenvalue weighted by molar-refractivity contribution is 6.00. The summed E-state index contributed by atoms with van der Waals surface area (Å²) in [4.78, 5) is 19.9. The van der Waals surface area contributed by atoms with E-state index < -0.39 is 0 Å². The number of amides is 1. The quantitative estimate of drug-likeness (QED) is 0.774. The fraction of sp³-hybridized carbons (Fsp3) is 0.400. The first-order chi connectivity index (χ1) is 9.65. The lowest BCUT2D eigenvalue weighted by Crippen LogP contribution is -2.34. The van der Waals surface area contributed by atoms with E-state index in [1.54, 1.807) is 0 Å². The molecular formula is C15H20N4O. The molecule has 106 valence electrons. The second-order valence-electron chi connectivity index (χ2n) is 5.44. The third-order valence-electron chi connectivity index (χ3n) is 3.93. The number of nitrogens with one attached hydrogen (secondary N) is 1. The zero-order valence-corrected chi connectivity index (χ0v) is 11.7.